The van der Waals surface area contributed by atoms with E-state index in [1.165, 1.54) is 4.31 Å². The second-order valence-electron chi connectivity index (χ2n) is 3.10. The standard InChI is InChI=1S/C8H14N2O3S/c1-2-14(12,13)10-5-3-7(4-6-10)8(9)11/h3H,2,4-6H2,1H3,(H2,9,11). The van der Waals surface area contributed by atoms with Crippen molar-refractivity contribution in [1.29, 1.82) is 0 Å². The van der Waals surface area contributed by atoms with E-state index in [9.17, 15) is 13.2 Å². The van der Waals surface area contributed by atoms with Crippen LogP contribution in [0.1, 0.15) is 13.3 Å². The van der Waals surface area contributed by atoms with Crippen LogP contribution in [0.5, 0.6) is 0 Å². The summed E-state index contributed by atoms with van der Waals surface area (Å²) >= 11 is 0. The number of hydrogen-bond donors (Lipinski definition) is 1. The molecule has 0 atom stereocenters. The van der Waals surface area contributed by atoms with E-state index in [-0.39, 0.29) is 12.3 Å². The van der Waals surface area contributed by atoms with E-state index in [1.54, 1.807) is 13.0 Å². The first-order valence-corrected chi connectivity index (χ1v) is 6.05. The molecule has 5 nitrogen and oxygen atoms in total. The summed E-state index contributed by atoms with van der Waals surface area (Å²) < 4.78 is 24.2. The minimum Gasteiger partial charge on any atom is -0.366 e. The van der Waals surface area contributed by atoms with Crippen LogP contribution in [0.2, 0.25) is 0 Å². The molecule has 1 aliphatic heterocycles. The molecule has 0 bridgehead atoms. The summed E-state index contributed by atoms with van der Waals surface area (Å²) in [6.07, 6.45) is 1.99. The first-order chi connectivity index (χ1) is 6.47. The Morgan fingerprint density at radius 2 is 2.29 bits per heavy atom. The molecule has 0 saturated carbocycles. The fourth-order valence-corrected chi connectivity index (χ4v) is 2.35. The number of carbonyl (C=O) groups excluding carboxylic acids is 1. The lowest BCUT2D eigenvalue weighted by molar-refractivity contribution is -0.114. The molecule has 1 aliphatic rings. The molecule has 6 heteroatoms. The highest BCUT2D eigenvalue weighted by Gasteiger charge is 2.23. The maximum absolute atomic E-state index is 11.4. The third-order valence-corrected chi connectivity index (χ3v) is 4.09. The van der Waals surface area contributed by atoms with Crippen LogP contribution in [-0.2, 0) is 14.8 Å². The zero-order valence-corrected chi connectivity index (χ0v) is 8.88. The molecular weight excluding hydrogens is 204 g/mol. The van der Waals surface area contributed by atoms with Gasteiger partial charge in [0.05, 0.1) is 5.75 Å². The van der Waals surface area contributed by atoms with Crippen molar-refractivity contribution >= 4 is 15.9 Å². The molecule has 0 radical (unpaired) electrons. The quantitative estimate of drug-likeness (QED) is 0.690. The van der Waals surface area contributed by atoms with E-state index >= 15 is 0 Å². The van der Waals surface area contributed by atoms with Crippen LogP contribution in [0, 0.1) is 0 Å². The molecule has 0 saturated heterocycles. The van der Waals surface area contributed by atoms with Crippen LogP contribution < -0.4 is 5.73 Å². The summed E-state index contributed by atoms with van der Waals surface area (Å²) in [7, 11) is -3.13. The fraction of sp³-hybridized carbons (Fsp3) is 0.625. The van der Waals surface area contributed by atoms with E-state index in [2.05, 4.69) is 0 Å². The van der Waals surface area contributed by atoms with Gasteiger partial charge in [0, 0.05) is 18.7 Å². The molecule has 0 aromatic carbocycles. The van der Waals surface area contributed by atoms with Gasteiger partial charge < -0.3 is 5.73 Å². The zero-order valence-electron chi connectivity index (χ0n) is 8.06. The SMILES string of the molecule is CCS(=O)(=O)N1CC=C(C(N)=O)CC1. The predicted molar refractivity (Wildman–Crippen MR) is 52.9 cm³/mol. The molecule has 0 aliphatic carbocycles. The Kier molecular flexibility index (Phi) is 3.28. The van der Waals surface area contributed by atoms with Crippen LogP contribution in [0.25, 0.3) is 0 Å². The number of nitrogens with zero attached hydrogens (tertiary/aromatic N) is 1. The summed E-state index contributed by atoms with van der Waals surface area (Å²) in [5.41, 5.74) is 5.60. The van der Waals surface area contributed by atoms with Gasteiger partial charge in [0.25, 0.3) is 0 Å². The Morgan fingerprint density at radius 1 is 1.64 bits per heavy atom. The van der Waals surface area contributed by atoms with Crippen molar-refractivity contribution in [2.24, 2.45) is 5.73 Å². The summed E-state index contributed by atoms with van der Waals surface area (Å²) in [6, 6.07) is 0. The second-order valence-corrected chi connectivity index (χ2v) is 5.36. The van der Waals surface area contributed by atoms with Crippen molar-refractivity contribution in [3.8, 4) is 0 Å². The maximum atomic E-state index is 11.4. The average Bonchev–Trinajstić information content (AvgIpc) is 2.18. The van der Waals surface area contributed by atoms with E-state index in [0.717, 1.165) is 0 Å². The molecule has 2 N–H and O–H groups in total. The Labute approximate surface area is 83.6 Å². The first-order valence-electron chi connectivity index (χ1n) is 4.44. The van der Waals surface area contributed by atoms with Crippen molar-refractivity contribution in [1.82, 2.24) is 4.31 Å². The van der Waals surface area contributed by atoms with E-state index in [4.69, 9.17) is 5.73 Å². The fourth-order valence-electron chi connectivity index (χ4n) is 1.31. The van der Waals surface area contributed by atoms with Crippen molar-refractivity contribution < 1.29 is 13.2 Å². The Hall–Kier alpha value is -0.880. The highest BCUT2D eigenvalue weighted by molar-refractivity contribution is 7.89. The molecule has 0 spiro atoms. The van der Waals surface area contributed by atoms with Crippen LogP contribution in [0.3, 0.4) is 0 Å². The minimum atomic E-state index is -3.13. The van der Waals surface area contributed by atoms with Gasteiger partial charge in [0.15, 0.2) is 0 Å². The Balaban J connectivity index is 2.73. The molecule has 1 rings (SSSR count). The molecule has 0 aromatic rings. The molecule has 1 heterocycles. The zero-order chi connectivity index (χ0) is 10.8. The molecule has 80 valence electrons. The van der Waals surface area contributed by atoms with Crippen molar-refractivity contribution in [3.63, 3.8) is 0 Å². The number of nitrogens with two attached hydrogens (primary N) is 1. The molecule has 14 heavy (non-hydrogen) atoms. The van der Waals surface area contributed by atoms with Crippen molar-refractivity contribution in [2.75, 3.05) is 18.8 Å². The molecule has 0 fully saturated rings. The third-order valence-electron chi connectivity index (χ3n) is 2.25. The van der Waals surface area contributed by atoms with E-state index in [0.29, 0.717) is 18.5 Å². The maximum Gasteiger partial charge on any atom is 0.244 e. The summed E-state index contributed by atoms with van der Waals surface area (Å²) in [6.45, 7) is 2.21. The first kappa shape index (κ1) is 11.2. The number of hydrogen-bond acceptors (Lipinski definition) is 3. The highest BCUT2D eigenvalue weighted by atomic mass is 32.2. The van der Waals surface area contributed by atoms with Gasteiger partial charge in [0.1, 0.15) is 0 Å². The van der Waals surface area contributed by atoms with Crippen molar-refractivity contribution in [2.45, 2.75) is 13.3 Å². The van der Waals surface area contributed by atoms with Crippen molar-refractivity contribution in [3.05, 3.63) is 11.6 Å². The Bertz CT molecular complexity index is 359. The monoisotopic (exact) mass is 218 g/mol. The predicted octanol–water partition coefficient (Wildman–Crippen LogP) is -0.546. The normalized spacial score (nSPS) is 19.1. The number of amides is 1. The van der Waals surface area contributed by atoms with Gasteiger partial charge in [-0.15, -0.1) is 0 Å². The summed E-state index contributed by atoms with van der Waals surface area (Å²) in [4.78, 5) is 10.8. The topological polar surface area (TPSA) is 80.5 Å². The van der Waals surface area contributed by atoms with Crippen LogP contribution in [0.4, 0.5) is 0 Å². The van der Waals surface area contributed by atoms with Gasteiger partial charge in [-0.05, 0) is 13.3 Å². The smallest absolute Gasteiger partial charge is 0.244 e. The minimum absolute atomic E-state index is 0.0900. The number of carbonyl (C=O) groups is 1. The van der Waals surface area contributed by atoms with Crippen LogP contribution in [0.15, 0.2) is 11.6 Å². The lowest BCUT2D eigenvalue weighted by atomic mass is 10.1. The number of sulfonamides is 1. The lowest BCUT2D eigenvalue weighted by Gasteiger charge is -2.24. The van der Waals surface area contributed by atoms with Gasteiger partial charge in [0.2, 0.25) is 15.9 Å². The largest absolute Gasteiger partial charge is 0.366 e. The summed E-state index contributed by atoms with van der Waals surface area (Å²) in [5.74, 6) is -0.370. The van der Waals surface area contributed by atoms with Crippen LogP contribution >= 0.6 is 0 Å². The molecule has 0 aromatic heterocycles. The molecule has 1 amide bonds. The second kappa shape index (κ2) is 4.10. The van der Waals surface area contributed by atoms with Gasteiger partial charge in [-0.25, -0.2) is 8.42 Å². The van der Waals surface area contributed by atoms with Crippen LogP contribution in [-0.4, -0.2) is 37.5 Å². The van der Waals surface area contributed by atoms with Gasteiger partial charge in [-0.2, -0.15) is 4.31 Å². The highest BCUT2D eigenvalue weighted by Crippen LogP contribution is 2.13. The average molecular weight is 218 g/mol. The van der Waals surface area contributed by atoms with E-state index in [1.807, 2.05) is 0 Å². The number of primary amides is 1. The number of rotatable bonds is 3. The molecule has 0 unspecified atom stereocenters. The van der Waals surface area contributed by atoms with E-state index < -0.39 is 15.9 Å². The van der Waals surface area contributed by atoms with Gasteiger partial charge in [-0.1, -0.05) is 6.08 Å². The summed E-state index contributed by atoms with van der Waals surface area (Å²) in [5, 5.41) is 0. The van der Waals surface area contributed by atoms with Gasteiger partial charge >= 0.3 is 0 Å². The third kappa shape index (κ3) is 2.33. The van der Waals surface area contributed by atoms with Gasteiger partial charge in [-0.3, -0.25) is 4.79 Å². The lowest BCUT2D eigenvalue weighted by Crippen LogP contribution is -2.37. The Morgan fingerprint density at radius 3 is 2.64 bits per heavy atom. The molecular formula is C8H14N2O3S.